The fourth-order valence-corrected chi connectivity index (χ4v) is 10.6. The average Bonchev–Trinajstić information content (AvgIpc) is 3.46. The smallest absolute Gasteiger partial charge is 0.306 e. The molecule has 0 radical (unpaired) electrons. The summed E-state index contributed by atoms with van der Waals surface area (Å²) in [6.07, 6.45) is 50.4. The molecule has 0 aromatic heterocycles. The number of aliphatic hydroxyl groups excluding tert-OH is 7. The van der Waals surface area contributed by atoms with Crippen molar-refractivity contribution < 1.29 is 69.0 Å². The molecule has 2 saturated heterocycles. The van der Waals surface area contributed by atoms with E-state index in [0.717, 1.165) is 70.6 Å². The third kappa shape index (κ3) is 39.3. The lowest BCUT2D eigenvalue weighted by atomic mass is 9.98. The van der Waals surface area contributed by atoms with Gasteiger partial charge >= 0.3 is 5.97 Å². The lowest BCUT2D eigenvalue weighted by Gasteiger charge is -2.42. The zero-order valence-corrected chi connectivity index (χ0v) is 51.3. The van der Waals surface area contributed by atoms with Gasteiger partial charge < -0.3 is 64.2 Å². The second kappa shape index (κ2) is 53.4. The third-order valence-electron chi connectivity index (χ3n) is 15.9. The van der Waals surface area contributed by atoms with Crippen LogP contribution in [0.3, 0.4) is 0 Å². The highest BCUT2D eigenvalue weighted by molar-refractivity contribution is 5.69. The van der Waals surface area contributed by atoms with Gasteiger partial charge in [0.1, 0.15) is 54.9 Å². The summed E-state index contributed by atoms with van der Waals surface area (Å²) in [4.78, 5) is 13.1. The van der Waals surface area contributed by atoms with E-state index in [2.05, 4.69) is 62.5 Å². The molecular weight excluding hydrogens is 1030 g/mol. The van der Waals surface area contributed by atoms with E-state index in [0.29, 0.717) is 13.0 Å². The zero-order chi connectivity index (χ0) is 58.6. The summed E-state index contributed by atoms with van der Waals surface area (Å²) in [6, 6.07) is 0. The maximum atomic E-state index is 13.1. The van der Waals surface area contributed by atoms with Crippen molar-refractivity contribution in [2.24, 2.45) is 0 Å². The molecule has 11 atom stereocenters. The van der Waals surface area contributed by atoms with Crippen molar-refractivity contribution in [2.45, 2.75) is 338 Å². The minimum absolute atomic E-state index is 0.0617. The first-order valence-electron chi connectivity index (χ1n) is 33.2. The molecule has 0 aliphatic carbocycles. The van der Waals surface area contributed by atoms with E-state index in [1.54, 1.807) is 0 Å². The van der Waals surface area contributed by atoms with Gasteiger partial charge in [-0.25, -0.2) is 0 Å². The second-order valence-electron chi connectivity index (χ2n) is 23.3. The first-order valence-corrected chi connectivity index (χ1v) is 33.2. The lowest BCUT2D eigenvalue weighted by molar-refractivity contribution is -0.332. The van der Waals surface area contributed by atoms with Crippen LogP contribution in [0.2, 0.25) is 0 Å². The van der Waals surface area contributed by atoms with Crippen LogP contribution in [0.1, 0.15) is 271 Å². The van der Waals surface area contributed by atoms with Crippen LogP contribution in [0.15, 0.2) is 48.6 Å². The van der Waals surface area contributed by atoms with E-state index in [1.165, 1.54) is 173 Å². The molecule has 14 heteroatoms. The van der Waals surface area contributed by atoms with Crippen LogP contribution in [0.5, 0.6) is 0 Å². The molecule has 2 fully saturated rings. The van der Waals surface area contributed by atoms with Crippen LogP contribution in [-0.2, 0) is 33.2 Å². The van der Waals surface area contributed by atoms with Gasteiger partial charge in [-0.15, -0.1) is 0 Å². The van der Waals surface area contributed by atoms with Gasteiger partial charge in [-0.1, -0.05) is 262 Å². The van der Waals surface area contributed by atoms with Gasteiger partial charge in [-0.05, 0) is 51.4 Å². The van der Waals surface area contributed by atoms with Crippen molar-refractivity contribution in [3.63, 3.8) is 0 Å². The number of carbonyl (C=O) groups is 1. The minimum atomic E-state index is -1.71. The Labute approximate surface area is 492 Å². The number of esters is 1. The fourth-order valence-electron chi connectivity index (χ4n) is 10.6. The number of rotatable bonds is 55. The Bertz CT molecular complexity index is 1520. The first-order chi connectivity index (χ1) is 39.6. The van der Waals surface area contributed by atoms with Gasteiger partial charge in [0, 0.05) is 13.0 Å². The molecule has 2 aliphatic heterocycles. The van der Waals surface area contributed by atoms with Crippen LogP contribution in [0.4, 0.5) is 0 Å². The molecule has 0 spiro atoms. The van der Waals surface area contributed by atoms with Gasteiger partial charge in [0.15, 0.2) is 12.6 Å². The molecule has 11 unspecified atom stereocenters. The van der Waals surface area contributed by atoms with Crippen LogP contribution in [0, 0.1) is 0 Å². The summed E-state index contributed by atoms with van der Waals surface area (Å²) < 4.78 is 34.5. The van der Waals surface area contributed by atoms with E-state index in [-0.39, 0.29) is 25.6 Å². The van der Waals surface area contributed by atoms with Crippen LogP contribution < -0.4 is 0 Å². The number of aliphatic hydroxyl groups is 7. The predicted octanol–water partition coefficient (Wildman–Crippen LogP) is 13.4. The van der Waals surface area contributed by atoms with Gasteiger partial charge in [-0.2, -0.15) is 0 Å². The number of unbranched alkanes of at least 4 members (excludes halogenated alkanes) is 33. The van der Waals surface area contributed by atoms with Crippen molar-refractivity contribution in [1.82, 2.24) is 0 Å². The quantitative estimate of drug-likeness (QED) is 0.0171. The number of hydrogen-bond acceptors (Lipinski definition) is 14. The molecule has 2 heterocycles. The Kier molecular flexibility index (Phi) is 49.5. The van der Waals surface area contributed by atoms with Crippen LogP contribution in [0.25, 0.3) is 0 Å². The molecular formula is C67H122O14. The molecule has 7 N–H and O–H groups in total. The monoisotopic (exact) mass is 1150 g/mol. The van der Waals surface area contributed by atoms with Gasteiger partial charge in [0.25, 0.3) is 0 Å². The predicted molar refractivity (Wildman–Crippen MR) is 326 cm³/mol. The third-order valence-corrected chi connectivity index (χ3v) is 15.9. The van der Waals surface area contributed by atoms with Crippen molar-refractivity contribution in [2.75, 3.05) is 33.0 Å². The fraction of sp³-hybridized carbons (Fsp3) is 0.866. The molecule has 0 bridgehead atoms. The molecule has 0 saturated carbocycles. The Morgan fingerprint density at radius 2 is 0.802 bits per heavy atom. The standard InChI is InChI=1S/C67H122O14/c1-3-5-7-9-11-13-15-17-19-21-23-25-27-29-31-33-35-37-39-41-43-45-47-49-51-76-53-56(54-77-66-65(75)63(73)61(71)58(81-66)55-78-67-64(74)62(72)60(70)57(52-68)80-67)79-59(69)50-48-46-44-42-40-38-36-34-32-30-28-26-24-22-20-18-16-14-12-10-8-6-4-2/h5,7,11,13,17,19,23,25,56-58,60-68,70-75H,3-4,6,8-10,12,14-16,18,20-22,24,26-55H2,1-2H3/b7-5-,13-11-,19-17-,25-23-. The Balaban J connectivity index is 1.65. The highest BCUT2D eigenvalue weighted by Gasteiger charge is 2.47. The van der Waals surface area contributed by atoms with Crippen LogP contribution in [-0.4, -0.2) is 142 Å². The average molecular weight is 1150 g/mol. The zero-order valence-electron chi connectivity index (χ0n) is 51.3. The van der Waals surface area contributed by atoms with Crippen molar-refractivity contribution in [3.05, 3.63) is 48.6 Å². The van der Waals surface area contributed by atoms with Crippen molar-refractivity contribution >= 4 is 5.97 Å². The largest absolute Gasteiger partial charge is 0.457 e. The van der Waals surface area contributed by atoms with E-state index in [4.69, 9.17) is 28.4 Å². The van der Waals surface area contributed by atoms with Gasteiger partial charge in [-0.3, -0.25) is 4.79 Å². The molecule has 2 rings (SSSR count). The van der Waals surface area contributed by atoms with Gasteiger partial charge in [0.2, 0.25) is 0 Å². The molecule has 2 aliphatic rings. The summed E-state index contributed by atoms with van der Waals surface area (Å²) in [7, 11) is 0. The Morgan fingerprint density at radius 3 is 1.26 bits per heavy atom. The Hall–Kier alpha value is -2.05. The maximum absolute atomic E-state index is 13.1. The molecule has 0 aromatic carbocycles. The molecule has 0 amide bonds. The van der Waals surface area contributed by atoms with E-state index >= 15 is 0 Å². The second-order valence-corrected chi connectivity index (χ2v) is 23.3. The Morgan fingerprint density at radius 1 is 0.420 bits per heavy atom. The highest BCUT2D eigenvalue weighted by atomic mass is 16.7. The number of allylic oxidation sites excluding steroid dienone is 8. The molecule has 0 aromatic rings. The minimum Gasteiger partial charge on any atom is -0.457 e. The summed E-state index contributed by atoms with van der Waals surface area (Å²) >= 11 is 0. The number of ether oxygens (including phenoxy) is 6. The normalized spacial score (nSPS) is 24.0. The first kappa shape index (κ1) is 75.0. The summed E-state index contributed by atoms with van der Waals surface area (Å²) in [5, 5.41) is 72.6. The van der Waals surface area contributed by atoms with Crippen LogP contribution >= 0.6 is 0 Å². The van der Waals surface area contributed by atoms with Crippen molar-refractivity contribution in [1.29, 1.82) is 0 Å². The number of hydrogen-bond donors (Lipinski definition) is 7. The van der Waals surface area contributed by atoms with Gasteiger partial charge in [0.05, 0.1) is 26.4 Å². The molecule has 14 nitrogen and oxygen atoms in total. The SMILES string of the molecule is CC/C=C\C/C=C\C/C=C\C/C=C\CCCCCCCCCCCCCOCC(COC1OC(COC2OC(CO)C(O)C(O)C2O)C(O)C(O)C1O)OC(=O)CCCCCCCCCCCCCCCCCCCCCCCCC. The highest BCUT2D eigenvalue weighted by Crippen LogP contribution is 2.27. The van der Waals surface area contributed by atoms with Crippen molar-refractivity contribution in [3.8, 4) is 0 Å². The summed E-state index contributed by atoms with van der Waals surface area (Å²) in [5.41, 5.74) is 0. The van der Waals surface area contributed by atoms with E-state index in [1.807, 2.05) is 0 Å². The van der Waals surface area contributed by atoms with E-state index in [9.17, 15) is 40.5 Å². The maximum Gasteiger partial charge on any atom is 0.306 e. The molecule has 474 valence electrons. The summed E-state index contributed by atoms with van der Waals surface area (Å²) in [5.74, 6) is -0.371. The van der Waals surface area contributed by atoms with E-state index < -0.39 is 80.7 Å². The topological polar surface area (TPSA) is 214 Å². The lowest BCUT2D eigenvalue weighted by Crippen LogP contribution is -2.61. The number of carbonyl (C=O) groups excluding carboxylic acids is 1. The summed E-state index contributed by atoms with van der Waals surface area (Å²) in [6.45, 7) is 3.63. The molecule has 81 heavy (non-hydrogen) atoms.